The van der Waals surface area contributed by atoms with Gasteiger partial charge in [-0.05, 0) is 21.2 Å². The second-order valence-electron chi connectivity index (χ2n) is 7.00. The average Bonchev–Trinajstić information content (AvgIpc) is 2.76. The molecule has 4 nitrogen and oxygen atoms in total. The normalized spacial score (nSPS) is 12.0. The largest absolute Gasteiger partial charge is 0.368 e. The Morgan fingerprint density at radius 1 is 0.833 bits per heavy atom. The van der Waals surface area contributed by atoms with Gasteiger partial charge in [0.15, 0.2) is 0 Å². The topological polar surface area (TPSA) is 72.2 Å². The highest BCUT2D eigenvalue weighted by molar-refractivity contribution is 9.11. The van der Waals surface area contributed by atoms with Crippen LogP contribution in [0.5, 0.6) is 0 Å². The van der Waals surface area contributed by atoms with Gasteiger partial charge in [-0.15, -0.1) is 0 Å². The Morgan fingerprint density at radius 3 is 1.50 bits per heavy atom. The number of benzene rings is 3. The molecular weight excluding hydrogens is 440 g/mol. The Hall–Kier alpha value is -3.18. The van der Waals surface area contributed by atoms with Gasteiger partial charge in [-0.3, -0.25) is 9.59 Å². The highest BCUT2D eigenvalue weighted by atomic mass is 79.9. The number of rotatable bonds is 8. The van der Waals surface area contributed by atoms with Crippen LogP contribution in [0.2, 0.25) is 0 Å². The minimum absolute atomic E-state index is 0.204. The molecule has 1 atom stereocenters. The number of carbonyl (C=O) groups is 2. The monoisotopic (exact) mass is 462 g/mol. The maximum absolute atomic E-state index is 14.0. The van der Waals surface area contributed by atoms with Crippen LogP contribution in [0.3, 0.4) is 0 Å². The number of halogens is 1. The van der Waals surface area contributed by atoms with Crippen molar-refractivity contribution in [3.8, 4) is 0 Å². The molecule has 30 heavy (non-hydrogen) atoms. The van der Waals surface area contributed by atoms with Crippen molar-refractivity contribution in [2.24, 2.45) is 5.73 Å². The van der Waals surface area contributed by atoms with Crippen molar-refractivity contribution in [3.05, 3.63) is 119 Å². The summed E-state index contributed by atoms with van der Waals surface area (Å²) in [6, 6.07) is 27.7. The first-order valence-corrected chi connectivity index (χ1v) is 10.4. The number of nitrogens with two attached hydrogens (primary N) is 1. The molecule has 5 heteroatoms. The van der Waals surface area contributed by atoms with E-state index in [0.29, 0.717) is 4.48 Å². The van der Waals surface area contributed by atoms with Crippen molar-refractivity contribution in [2.45, 2.75) is 17.9 Å². The Bertz CT molecular complexity index is 924. The molecule has 0 aromatic heterocycles. The summed E-state index contributed by atoms with van der Waals surface area (Å²) < 4.78 is 0.580. The molecule has 2 amide bonds. The molecule has 3 rings (SSSR count). The summed E-state index contributed by atoms with van der Waals surface area (Å²) in [5.41, 5.74) is 6.79. The minimum atomic E-state index is -1.16. The summed E-state index contributed by atoms with van der Waals surface area (Å²) in [5.74, 6) is -0.948. The fourth-order valence-electron chi connectivity index (χ4n) is 3.67. The van der Waals surface area contributed by atoms with Crippen LogP contribution >= 0.6 is 15.9 Å². The third kappa shape index (κ3) is 4.36. The Labute approximate surface area is 184 Å². The van der Waals surface area contributed by atoms with Gasteiger partial charge in [0.25, 0.3) is 0 Å². The Balaban J connectivity index is 2.24. The molecule has 0 bridgehead atoms. The van der Waals surface area contributed by atoms with E-state index in [0.717, 1.165) is 16.7 Å². The van der Waals surface area contributed by atoms with Gasteiger partial charge in [0.1, 0.15) is 11.5 Å². The highest BCUT2D eigenvalue weighted by Crippen LogP contribution is 2.39. The lowest BCUT2D eigenvalue weighted by atomic mass is 9.68. The van der Waals surface area contributed by atoms with E-state index in [1.54, 1.807) is 0 Å². The maximum atomic E-state index is 14.0. The van der Waals surface area contributed by atoms with Gasteiger partial charge in [0, 0.05) is 6.42 Å². The number of carbonyl (C=O) groups excluding carboxylic acids is 2. The molecule has 0 aliphatic carbocycles. The van der Waals surface area contributed by atoms with Crippen molar-refractivity contribution < 1.29 is 9.59 Å². The molecule has 0 unspecified atom stereocenters. The molecule has 0 saturated heterocycles. The molecular formula is C25H23BrN2O2. The fraction of sp³-hybridized carbons (Fsp3) is 0.120. The van der Waals surface area contributed by atoms with E-state index in [2.05, 4.69) is 27.8 Å². The molecule has 0 radical (unpaired) electrons. The Morgan fingerprint density at radius 2 is 1.20 bits per heavy atom. The van der Waals surface area contributed by atoms with Crippen LogP contribution in [-0.2, 0) is 15.0 Å². The predicted molar refractivity (Wildman–Crippen MR) is 123 cm³/mol. The van der Waals surface area contributed by atoms with E-state index in [9.17, 15) is 9.59 Å². The third-order valence-corrected chi connectivity index (χ3v) is 5.36. The zero-order valence-electron chi connectivity index (χ0n) is 16.4. The number of primary amides is 1. The molecule has 0 heterocycles. The van der Waals surface area contributed by atoms with Gasteiger partial charge in [-0.1, -0.05) is 114 Å². The summed E-state index contributed by atoms with van der Waals surface area (Å²) in [5, 5.41) is 2.88. The van der Waals surface area contributed by atoms with Crippen molar-refractivity contribution in [1.29, 1.82) is 0 Å². The molecule has 3 aromatic carbocycles. The lowest BCUT2D eigenvalue weighted by Gasteiger charge is -2.35. The van der Waals surface area contributed by atoms with Crippen LogP contribution in [0, 0.1) is 0 Å². The van der Waals surface area contributed by atoms with Crippen molar-refractivity contribution in [1.82, 2.24) is 5.32 Å². The molecule has 0 aliphatic heterocycles. The van der Waals surface area contributed by atoms with Gasteiger partial charge in [-0.2, -0.15) is 0 Å². The van der Waals surface area contributed by atoms with Crippen LogP contribution in [0.4, 0.5) is 0 Å². The molecule has 0 fully saturated rings. The molecule has 152 valence electrons. The van der Waals surface area contributed by atoms with Crippen LogP contribution in [0.1, 0.15) is 23.1 Å². The lowest BCUT2D eigenvalue weighted by Crippen LogP contribution is -2.53. The van der Waals surface area contributed by atoms with E-state index >= 15 is 0 Å². The first-order valence-electron chi connectivity index (χ1n) is 9.56. The minimum Gasteiger partial charge on any atom is -0.368 e. The zero-order chi connectivity index (χ0) is 21.6. The average molecular weight is 463 g/mol. The van der Waals surface area contributed by atoms with Crippen LogP contribution < -0.4 is 11.1 Å². The lowest BCUT2D eigenvalue weighted by molar-refractivity contribution is -0.129. The standard InChI is InChI=1S/C25H23BrN2O2/c1-18(26)17-22(23(27)29)28-24(30)25(19-11-5-2-6-12-19,20-13-7-3-8-14-20)21-15-9-4-10-16-21/h2-16,22H,1,17H2,(H2,27,29)(H,28,30)/t22-/m0/s1. The first-order chi connectivity index (χ1) is 14.5. The molecule has 3 N–H and O–H groups in total. The summed E-state index contributed by atoms with van der Waals surface area (Å²) in [4.78, 5) is 26.1. The zero-order valence-corrected chi connectivity index (χ0v) is 18.0. The molecule has 3 aromatic rings. The van der Waals surface area contributed by atoms with Crippen molar-refractivity contribution in [2.75, 3.05) is 0 Å². The van der Waals surface area contributed by atoms with E-state index in [1.807, 2.05) is 91.0 Å². The SMILES string of the molecule is C=C(Br)C[C@H](NC(=O)C(c1ccccc1)(c1ccccc1)c1ccccc1)C(N)=O. The fourth-order valence-corrected chi connectivity index (χ4v) is 3.99. The third-order valence-electron chi connectivity index (χ3n) is 5.04. The van der Waals surface area contributed by atoms with Gasteiger partial charge >= 0.3 is 0 Å². The van der Waals surface area contributed by atoms with E-state index < -0.39 is 17.4 Å². The summed E-state index contributed by atoms with van der Waals surface area (Å²) in [7, 11) is 0. The number of amides is 2. The maximum Gasteiger partial charge on any atom is 0.240 e. The summed E-state index contributed by atoms with van der Waals surface area (Å²) >= 11 is 3.26. The van der Waals surface area contributed by atoms with Crippen molar-refractivity contribution >= 4 is 27.7 Å². The van der Waals surface area contributed by atoms with Crippen LogP contribution in [-0.4, -0.2) is 17.9 Å². The molecule has 0 spiro atoms. The number of hydrogen-bond acceptors (Lipinski definition) is 2. The second kappa shape index (κ2) is 9.55. The Kier molecular flexibility index (Phi) is 6.85. The predicted octanol–water partition coefficient (Wildman–Crippen LogP) is 4.29. The smallest absolute Gasteiger partial charge is 0.240 e. The van der Waals surface area contributed by atoms with Gasteiger partial charge in [0.05, 0.1) is 0 Å². The van der Waals surface area contributed by atoms with Crippen molar-refractivity contribution in [3.63, 3.8) is 0 Å². The summed E-state index contributed by atoms with van der Waals surface area (Å²) in [6.07, 6.45) is 0.204. The van der Waals surface area contributed by atoms with Crippen LogP contribution in [0.15, 0.2) is 102 Å². The second-order valence-corrected chi connectivity index (χ2v) is 8.12. The number of nitrogens with one attached hydrogen (secondary N) is 1. The van der Waals surface area contributed by atoms with E-state index in [4.69, 9.17) is 5.73 Å². The van der Waals surface area contributed by atoms with E-state index in [-0.39, 0.29) is 12.3 Å². The van der Waals surface area contributed by atoms with Gasteiger partial charge in [0.2, 0.25) is 11.8 Å². The number of hydrogen-bond donors (Lipinski definition) is 2. The highest BCUT2D eigenvalue weighted by Gasteiger charge is 2.44. The summed E-state index contributed by atoms with van der Waals surface area (Å²) in [6.45, 7) is 3.78. The molecule has 0 saturated carbocycles. The van der Waals surface area contributed by atoms with Gasteiger partial charge in [-0.25, -0.2) is 0 Å². The van der Waals surface area contributed by atoms with Crippen LogP contribution in [0.25, 0.3) is 0 Å². The first kappa shape index (κ1) is 21.5. The van der Waals surface area contributed by atoms with E-state index in [1.165, 1.54) is 0 Å². The van der Waals surface area contributed by atoms with Gasteiger partial charge < -0.3 is 11.1 Å². The molecule has 0 aliphatic rings. The quantitative estimate of drug-likeness (QED) is 0.490.